The Morgan fingerprint density at radius 3 is 2.55 bits per heavy atom. The van der Waals surface area contributed by atoms with Crippen molar-refractivity contribution in [1.82, 2.24) is 4.72 Å². The standard InChI is InChI=1S/C14H22N2O3S/c1-10-7-12(15)8-13(11(10)2)20(18,19)16-9-14(3-4-14)5-6-17/h7-8,16-17H,3-6,9,15H2,1-2H3. The van der Waals surface area contributed by atoms with E-state index >= 15 is 0 Å². The molecule has 2 rings (SSSR count). The topological polar surface area (TPSA) is 92.4 Å². The van der Waals surface area contributed by atoms with E-state index in [4.69, 9.17) is 10.8 Å². The Morgan fingerprint density at radius 2 is 2.00 bits per heavy atom. The molecular formula is C14H22N2O3S. The van der Waals surface area contributed by atoms with Gasteiger partial charge in [-0.3, -0.25) is 0 Å². The highest BCUT2D eigenvalue weighted by Crippen LogP contribution is 2.48. The molecule has 0 amide bonds. The molecule has 0 spiro atoms. The quantitative estimate of drug-likeness (QED) is 0.691. The van der Waals surface area contributed by atoms with Crippen molar-refractivity contribution in [3.05, 3.63) is 23.3 Å². The summed E-state index contributed by atoms with van der Waals surface area (Å²) in [7, 11) is -3.56. The number of rotatable bonds is 6. The third-order valence-corrected chi connectivity index (χ3v) is 5.70. The molecule has 0 heterocycles. The number of aliphatic hydroxyl groups excluding tert-OH is 1. The normalized spacial score (nSPS) is 17.1. The van der Waals surface area contributed by atoms with Gasteiger partial charge in [0, 0.05) is 18.8 Å². The lowest BCUT2D eigenvalue weighted by molar-refractivity contribution is 0.249. The number of nitrogens with one attached hydrogen (secondary N) is 1. The molecule has 0 saturated heterocycles. The minimum Gasteiger partial charge on any atom is -0.399 e. The summed E-state index contributed by atoms with van der Waals surface area (Å²) in [6, 6.07) is 3.26. The van der Waals surface area contributed by atoms with E-state index in [0.717, 1.165) is 24.0 Å². The SMILES string of the molecule is Cc1cc(N)cc(S(=O)(=O)NCC2(CCO)CC2)c1C. The van der Waals surface area contributed by atoms with Crippen LogP contribution in [0, 0.1) is 19.3 Å². The molecule has 5 nitrogen and oxygen atoms in total. The van der Waals surface area contributed by atoms with Crippen LogP contribution in [0.1, 0.15) is 30.4 Å². The van der Waals surface area contributed by atoms with Crippen molar-refractivity contribution in [2.45, 2.75) is 38.0 Å². The van der Waals surface area contributed by atoms with Crippen molar-refractivity contribution < 1.29 is 13.5 Å². The highest BCUT2D eigenvalue weighted by molar-refractivity contribution is 7.89. The van der Waals surface area contributed by atoms with E-state index < -0.39 is 10.0 Å². The fourth-order valence-corrected chi connectivity index (χ4v) is 3.89. The number of hydrogen-bond acceptors (Lipinski definition) is 4. The monoisotopic (exact) mass is 298 g/mol. The lowest BCUT2D eigenvalue weighted by Gasteiger charge is -2.16. The van der Waals surface area contributed by atoms with E-state index in [2.05, 4.69) is 4.72 Å². The average molecular weight is 298 g/mol. The summed E-state index contributed by atoms with van der Waals surface area (Å²) in [5.74, 6) is 0. The van der Waals surface area contributed by atoms with Gasteiger partial charge in [0.1, 0.15) is 0 Å². The molecule has 1 fully saturated rings. The van der Waals surface area contributed by atoms with Crippen molar-refractivity contribution in [2.24, 2.45) is 5.41 Å². The van der Waals surface area contributed by atoms with E-state index in [1.165, 1.54) is 6.07 Å². The predicted octanol–water partition coefficient (Wildman–Crippen LogP) is 1.33. The van der Waals surface area contributed by atoms with Crippen LogP contribution in [-0.4, -0.2) is 26.7 Å². The Hall–Kier alpha value is -1.11. The smallest absolute Gasteiger partial charge is 0.240 e. The van der Waals surface area contributed by atoms with Crippen LogP contribution in [0.4, 0.5) is 5.69 Å². The molecule has 0 atom stereocenters. The highest BCUT2D eigenvalue weighted by atomic mass is 32.2. The van der Waals surface area contributed by atoms with Gasteiger partial charge in [0.2, 0.25) is 10.0 Å². The van der Waals surface area contributed by atoms with Crippen molar-refractivity contribution in [3.8, 4) is 0 Å². The van der Waals surface area contributed by atoms with Crippen molar-refractivity contribution in [2.75, 3.05) is 18.9 Å². The Morgan fingerprint density at radius 1 is 1.35 bits per heavy atom. The number of aryl methyl sites for hydroxylation is 1. The molecule has 4 N–H and O–H groups in total. The van der Waals surface area contributed by atoms with Gasteiger partial charge in [0.15, 0.2) is 0 Å². The van der Waals surface area contributed by atoms with Crippen LogP contribution in [0.5, 0.6) is 0 Å². The number of nitrogens with two attached hydrogens (primary N) is 1. The molecule has 1 aliphatic rings. The van der Waals surface area contributed by atoms with Gasteiger partial charge in [-0.25, -0.2) is 13.1 Å². The molecule has 1 aromatic rings. The minimum atomic E-state index is -3.56. The number of anilines is 1. The Bertz CT molecular complexity index is 607. The molecular weight excluding hydrogens is 276 g/mol. The fourth-order valence-electron chi connectivity index (χ4n) is 2.39. The molecule has 20 heavy (non-hydrogen) atoms. The van der Waals surface area contributed by atoms with Crippen LogP contribution in [0.3, 0.4) is 0 Å². The molecule has 112 valence electrons. The summed E-state index contributed by atoms with van der Waals surface area (Å²) in [5, 5.41) is 9.01. The zero-order valence-corrected chi connectivity index (χ0v) is 12.8. The molecule has 0 aromatic heterocycles. The van der Waals surface area contributed by atoms with Crippen LogP contribution in [0.2, 0.25) is 0 Å². The Labute approximate surface area is 120 Å². The predicted molar refractivity (Wildman–Crippen MR) is 78.9 cm³/mol. The first kappa shape index (κ1) is 15.3. The van der Waals surface area contributed by atoms with Crippen molar-refractivity contribution in [3.63, 3.8) is 0 Å². The fraction of sp³-hybridized carbons (Fsp3) is 0.571. The first-order valence-corrected chi connectivity index (χ1v) is 8.25. The van der Waals surface area contributed by atoms with Crippen LogP contribution >= 0.6 is 0 Å². The van der Waals surface area contributed by atoms with Crippen LogP contribution in [-0.2, 0) is 10.0 Å². The summed E-state index contributed by atoms with van der Waals surface area (Å²) in [4.78, 5) is 0.245. The van der Waals surface area contributed by atoms with Crippen molar-refractivity contribution >= 4 is 15.7 Å². The van der Waals surface area contributed by atoms with Gasteiger partial charge in [-0.1, -0.05) is 0 Å². The second-order valence-electron chi connectivity index (χ2n) is 5.76. The summed E-state index contributed by atoms with van der Waals surface area (Å²) in [6.07, 6.45) is 2.57. The molecule has 1 aliphatic carbocycles. The molecule has 0 unspecified atom stereocenters. The Kier molecular flexibility index (Phi) is 4.09. The lowest BCUT2D eigenvalue weighted by Crippen LogP contribution is -2.31. The number of aliphatic hydroxyl groups is 1. The van der Waals surface area contributed by atoms with Gasteiger partial charge in [-0.05, 0) is 61.8 Å². The van der Waals surface area contributed by atoms with Gasteiger partial charge < -0.3 is 10.8 Å². The van der Waals surface area contributed by atoms with E-state index in [9.17, 15) is 8.42 Å². The molecule has 0 radical (unpaired) electrons. The molecule has 0 bridgehead atoms. The maximum atomic E-state index is 12.4. The zero-order valence-electron chi connectivity index (χ0n) is 11.9. The maximum absolute atomic E-state index is 12.4. The molecule has 1 saturated carbocycles. The number of benzene rings is 1. The van der Waals surface area contributed by atoms with Gasteiger partial charge >= 0.3 is 0 Å². The number of sulfonamides is 1. The first-order chi connectivity index (χ1) is 9.30. The van der Waals surface area contributed by atoms with E-state index in [1.807, 2.05) is 6.92 Å². The van der Waals surface area contributed by atoms with Gasteiger partial charge in [0.05, 0.1) is 4.90 Å². The largest absolute Gasteiger partial charge is 0.399 e. The van der Waals surface area contributed by atoms with E-state index in [-0.39, 0.29) is 16.9 Å². The lowest BCUT2D eigenvalue weighted by atomic mass is 10.0. The van der Waals surface area contributed by atoms with Crippen LogP contribution in [0.25, 0.3) is 0 Å². The van der Waals surface area contributed by atoms with E-state index in [0.29, 0.717) is 18.7 Å². The summed E-state index contributed by atoms with van der Waals surface area (Å²) in [5.41, 5.74) is 7.72. The minimum absolute atomic E-state index is 0.0505. The van der Waals surface area contributed by atoms with Crippen molar-refractivity contribution in [1.29, 1.82) is 0 Å². The third-order valence-electron chi connectivity index (χ3n) is 4.17. The Balaban J connectivity index is 2.19. The second-order valence-corrected chi connectivity index (χ2v) is 7.49. The highest BCUT2D eigenvalue weighted by Gasteiger charge is 2.42. The van der Waals surface area contributed by atoms with Gasteiger partial charge in [0.25, 0.3) is 0 Å². The second kappa shape index (κ2) is 5.35. The van der Waals surface area contributed by atoms with Gasteiger partial charge in [-0.15, -0.1) is 0 Å². The summed E-state index contributed by atoms with van der Waals surface area (Å²) >= 11 is 0. The maximum Gasteiger partial charge on any atom is 0.240 e. The van der Waals surface area contributed by atoms with Crippen LogP contribution < -0.4 is 10.5 Å². The number of hydrogen-bond donors (Lipinski definition) is 3. The number of nitrogen functional groups attached to an aromatic ring is 1. The van der Waals surface area contributed by atoms with Gasteiger partial charge in [-0.2, -0.15) is 0 Å². The molecule has 6 heteroatoms. The zero-order chi connectivity index (χ0) is 15.0. The molecule has 1 aromatic carbocycles. The average Bonchev–Trinajstić information content (AvgIpc) is 3.12. The third kappa shape index (κ3) is 3.13. The summed E-state index contributed by atoms with van der Waals surface area (Å²) < 4.78 is 27.5. The molecule has 0 aliphatic heterocycles. The first-order valence-electron chi connectivity index (χ1n) is 6.77. The summed E-state index contributed by atoms with van der Waals surface area (Å²) in [6.45, 7) is 4.10. The van der Waals surface area contributed by atoms with Crippen LogP contribution in [0.15, 0.2) is 17.0 Å². The van der Waals surface area contributed by atoms with E-state index in [1.54, 1.807) is 13.0 Å².